The van der Waals surface area contributed by atoms with Crippen LogP contribution in [0.2, 0.25) is 0 Å². The first-order valence-corrected chi connectivity index (χ1v) is 6.16. The minimum atomic E-state index is -1.06. The number of aliphatic carboxylic acids is 1. The Morgan fingerprint density at radius 2 is 2.11 bits per heavy atom. The highest BCUT2D eigenvalue weighted by Gasteiger charge is 2.30. The zero-order valence-corrected chi connectivity index (χ0v) is 12.0. The standard InChI is InChI=1S/C13H21N3O3/c1-8(10-7-14-16(5)9(10)2)15-11(17)6-13(3,4)12(18)19/h7-8H,6H2,1-5H3,(H,15,17)(H,18,19). The maximum absolute atomic E-state index is 11.9. The third kappa shape index (κ3) is 3.56. The van der Waals surface area contributed by atoms with Gasteiger partial charge < -0.3 is 10.4 Å². The first-order valence-electron chi connectivity index (χ1n) is 6.16. The minimum absolute atomic E-state index is 0.0496. The van der Waals surface area contributed by atoms with E-state index in [4.69, 9.17) is 5.11 Å². The Balaban J connectivity index is 2.68. The van der Waals surface area contributed by atoms with E-state index >= 15 is 0 Å². The largest absolute Gasteiger partial charge is 0.481 e. The van der Waals surface area contributed by atoms with Gasteiger partial charge in [0.2, 0.25) is 5.91 Å². The minimum Gasteiger partial charge on any atom is -0.481 e. The van der Waals surface area contributed by atoms with Crippen LogP contribution in [-0.4, -0.2) is 26.8 Å². The fourth-order valence-corrected chi connectivity index (χ4v) is 1.79. The summed E-state index contributed by atoms with van der Waals surface area (Å²) in [5.74, 6) is -1.25. The van der Waals surface area contributed by atoms with E-state index in [1.165, 1.54) is 13.8 Å². The fraction of sp³-hybridized carbons (Fsp3) is 0.615. The second kappa shape index (κ2) is 5.42. The van der Waals surface area contributed by atoms with Crippen molar-refractivity contribution in [1.82, 2.24) is 15.1 Å². The summed E-state index contributed by atoms with van der Waals surface area (Å²) >= 11 is 0. The third-order valence-electron chi connectivity index (χ3n) is 3.30. The third-order valence-corrected chi connectivity index (χ3v) is 3.30. The van der Waals surface area contributed by atoms with Crippen LogP contribution in [-0.2, 0) is 16.6 Å². The van der Waals surface area contributed by atoms with Crippen molar-refractivity contribution in [1.29, 1.82) is 0 Å². The van der Waals surface area contributed by atoms with Crippen LogP contribution in [0.4, 0.5) is 0 Å². The highest BCUT2D eigenvalue weighted by Crippen LogP contribution is 2.22. The van der Waals surface area contributed by atoms with Gasteiger partial charge in [-0.25, -0.2) is 0 Å². The van der Waals surface area contributed by atoms with Crippen LogP contribution >= 0.6 is 0 Å². The lowest BCUT2D eigenvalue weighted by Gasteiger charge is -2.20. The van der Waals surface area contributed by atoms with Crippen molar-refractivity contribution in [3.05, 3.63) is 17.5 Å². The van der Waals surface area contributed by atoms with Crippen LogP contribution in [0, 0.1) is 12.3 Å². The summed E-state index contributed by atoms with van der Waals surface area (Å²) in [6.07, 6.45) is 1.66. The van der Waals surface area contributed by atoms with E-state index in [-0.39, 0.29) is 18.4 Å². The smallest absolute Gasteiger partial charge is 0.309 e. The molecule has 0 aliphatic rings. The Kier molecular flexibility index (Phi) is 4.34. The van der Waals surface area contributed by atoms with Crippen molar-refractivity contribution in [2.45, 2.75) is 40.2 Å². The summed E-state index contributed by atoms with van der Waals surface area (Å²) in [7, 11) is 1.83. The van der Waals surface area contributed by atoms with E-state index in [1.54, 1.807) is 10.9 Å². The van der Waals surface area contributed by atoms with Crippen LogP contribution < -0.4 is 5.32 Å². The summed E-state index contributed by atoms with van der Waals surface area (Å²) < 4.78 is 1.74. The molecule has 1 rings (SSSR count). The van der Waals surface area contributed by atoms with Crippen molar-refractivity contribution in [3.63, 3.8) is 0 Å². The molecule has 0 spiro atoms. The zero-order chi connectivity index (χ0) is 14.8. The number of rotatable bonds is 5. The normalized spacial score (nSPS) is 13.1. The molecule has 1 aromatic rings. The highest BCUT2D eigenvalue weighted by atomic mass is 16.4. The van der Waals surface area contributed by atoms with Crippen molar-refractivity contribution in [3.8, 4) is 0 Å². The second-order valence-electron chi connectivity index (χ2n) is 5.46. The number of carboxylic acid groups (broad SMARTS) is 1. The molecule has 19 heavy (non-hydrogen) atoms. The lowest BCUT2D eigenvalue weighted by atomic mass is 9.89. The molecule has 1 amide bonds. The predicted molar refractivity (Wildman–Crippen MR) is 70.5 cm³/mol. The van der Waals surface area contributed by atoms with E-state index < -0.39 is 11.4 Å². The average molecular weight is 267 g/mol. The molecule has 0 saturated heterocycles. The number of aromatic nitrogens is 2. The molecule has 0 fully saturated rings. The molecule has 1 atom stereocenters. The predicted octanol–water partition coefficient (Wildman–Crippen LogP) is 1.41. The first-order chi connectivity index (χ1) is 8.65. The molecular formula is C13H21N3O3. The number of amides is 1. The molecule has 0 aliphatic carbocycles. The van der Waals surface area contributed by atoms with Crippen LogP contribution in [0.25, 0.3) is 0 Å². The summed E-state index contributed by atoms with van der Waals surface area (Å²) in [6, 6.07) is -0.189. The van der Waals surface area contributed by atoms with Gasteiger partial charge in [-0.1, -0.05) is 0 Å². The Morgan fingerprint density at radius 3 is 2.53 bits per heavy atom. The number of aryl methyl sites for hydroxylation is 1. The van der Waals surface area contributed by atoms with Gasteiger partial charge in [-0.2, -0.15) is 5.10 Å². The Labute approximate surface area is 112 Å². The highest BCUT2D eigenvalue weighted by molar-refractivity contribution is 5.84. The van der Waals surface area contributed by atoms with Gasteiger partial charge in [-0.05, 0) is 27.7 Å². The second-order valence-corrected chi connectivity index (χ2v) is 5.46. The van der Waals surface area contributed by atoms with Gasteiger partial charge in [0.05, 0.1) is 17.7 Å². The lowest BCUT2D eigenvalue weighted by molar-refractivity contribution is -0.149. The quantitative estimate of drug-likeness (QED) is 0.844. The number of carboxylic acids is 1. The number of nitrogens with zero attached hydrogens (tertiary/aromatic N) is 2. The first kappa shape index (κ1) is 15.2. The van der Waals surface area contributed by atoms with E-state index in [1.807, 2.05) is 20.9 Å². The van der Waals surface area contributed by atoms with Crippen molar-refractivity contribution >= 4 is 11.9 Å². The van der Waals surface area contributed by atoms with Gasteiger partial charge in [0.15, 0.2) is 0 Å². The number of carbonyl (C=O) groups is 2. The van der Waals surface area contributed by atoms with Crippen molar-refractivity contribution in [2.75, 3.05) is 0 Å². The molecule has 1 unspecified atom stereocenters. The molecule has 1 aromatic heterocycles. The molecule has 2 N–H and O–H groups in total. The molecule has 0 radical (unpaired) electrons. The van der Waals surface area contributed by atoms with Crippen LogP contribution in [0.1, 0.15) is 44.5 Å². The Bertz CT molecular complexity index is 491. The molecule has 0 bridgehead atoms. The number of hydrogen-bond donors (Lipinski definition) is 2. The van der Waals surface area contributed by atoms with Gasteiger partial charge in [0.1, 0.15) is 0 Å². The molecule has 6 heteroatoms. The maximum atomic E-state index is 11.9. The number of carbonyl (C=O) groups excluding carboxylic acids is 1. The van der Waals surface area contributed by atoms with E-state index in [0.717, 1.165) is 11.3 Å². The molecule has 0 aliphatic heterocycles. The summed E-state index contributed by atoms with van der Waals surface area (Å²) in [4.78, 5) is 22.8. The van der Waals surface area contributed by atoms with E-state index in [0.29, 0.717) is 0 Å². The Morgan fingerprint density at radius 1 is 1.53 bits per heavy atom. The molecule has 1 heterocycles. The molecular weight excluding hydrogens is 246 g/mol. The van der Waals surface area contributed by atoms with Gasteiger partial charge in [-0.15, -0.1) is 0 Å². The molecule has 0 saturated carbocycles. The SMILES string of the molecule is Cc1c(C(C)NC(=O)CC(C)(C)C(=O)O)cnn1C. The van der Waals surface area contributed by atoms with Crippen LogP contribution in [0.3, 0.4) is 0 Å². The number of hydrogen-bond acceptors (Lipinski definition) is 3. The van der Waals surface area contributed by atoms with Crippen LogP contribution in [0.5, 0.6) is 0 Å². The lowest BCUT2D eigenvalue weighted by Crippen LogP contribution is -2.34. The van der Waals surface area contributed by atoms with Gasteiger partial charge in [-0.3, -0.25) is 14.3 Å². The zero-order valence-electron chi connectivity index (χ0n) is 12.0. The average Bonchev–Trinajstić information content (AvgIpc) is 2.58. The van der Waals surface area contributed by atoms with E-state index in [9.17, 15) is 9.59 Å². The maximum Gasteiger partial charge on any atom is 0.309 e. The fourth-order valence-electron chi connectivity index (χ4n) is 1.79. The summed E-state index contributed by atoms with van der Waals surface area (Å²) in [5.41, 5.74) is 0.850. The van der Waals surface area contributed by atoms with Crippen molar-refractivity contribution < 1.29 is 14.7 Å². The van der Waals surface area contributed by atoms with Crippen molar-refractivity contribution in [2.24, 2.45) is 12.5 Å². The topological polar surface area (TPSA) is 84.2 Å². The number of nitrogens with one attached hydrogen (secondary N) is 1. The van der Waals surface area contributed by atoms with Gasteiger partial charge in [0, 0.05) is 24.7 Å². The Hall–Kier alpha value is -1.85. The van der Waals surface area contributed by atoms with E-state index in [2.05, 4.69) is 10.4 Å². The summed E-state index contributed by atoms with van der Waals surface area (Å²) in [5, 5.41) is 15.9. The van der Waals surface area contributed by atoms with Gasteiger partial charge >= 0.3 is 5.97 Å². The van der Waals surface area contributed by atoms with Gasteiger partial charge in [0.25, 0.3) is 0 Å². The molecule has 6 nitrogen and oxygen atoms in total. The van der Waals surface area contributed by atoms with Crippen LogP contribution in [0.15, 0.2) is 6.20 Å². The monoisotopic (exact) mass is 267 g/mol. The molecule has 0 aromatic carbocycles. The molecule has 106 valence electrons. The summed E-state index contributed by atoms with van der Waals surface area (Å²) in [6.45, 7) is 6.85.